The van der Waals surface area contributed by atoms with Gasteiger partial charge in [-0.25, -0.2) is 9.97 Å². The minimum absolute atomic E-state index is 0.499. The highest BCUT2D eigenvalue weighted by Gasteiger charge is 2.15. The van der Waals surface area contributed by atoms with Gasteiger partial charge in [0.05, 0.1) is 28.1 Å². The highest BCUT2D eigenvalue weighted by molar-refractivity contribution is 6.09. The van der Waals surface area contributed by atoms with Crippen molar-refractivity contribution in [3.05, 3.63) is 158 Å². The van der Waals surface area contributed by atoms with Crippen molar-refractivity contribution in [2.75, 3.05) is 0 Å². The summed E-state index contributed by atoms with van der Waals surface area (Å²) in [6, 6.07) is 47.5. The molecule has 216 valence electrons. The number of pyridine rings is 3. The summed E-state index contributed by atoms with van der Waals surface area (Å²) in [5.74, 6) is -0.499. The SMILES string of the molecule is Fc1cc2c(cn1)c1ccccc1n2-c1ccc(-c2cc(-c3ccc4c(ccc5ccccc54)c3)nc(-c3ccccn3)c2)cc1. The molecule has 0 saturated heterocycles. The van der Waals surface area contributed by atoms with Crippen molar-refractivity contribution in [2.24, 2.45) is 0 Å². The average molecular weight is 593 g/mol. The minimum atomic E-state index is -0.499. The molecule has 0 radical (unpaired) electrons. The number of rotatable bonds is 4. The first kappa shape index (κ1) is 26.2. The summed E-state index contributed by atoms with van der Waals surface area (Å²) in [6.07, 6.45) is 3.41. The molecule has 0 saturated carbocycles. The first-order chi connectivity index (χ1) is 22.7. The van der Waals surface area contributed by atoms with E-state index in [1.807, 2.05) is 30.3 Å². The van der Waals surface area contributed by atoms with E-state index in [-0.39, 0.29) is 0 Å². The zero-order chi connectivity index (χ0) is 30.6. The van der Waals surface area contributed by atoms with Crippen LogP contribution in [0.3, 0.4) is 0 Å². The van der Waals surface area contributed by atoms with Crippen LogP contribution in [-0.2, 0) is 0 Å². The van der Waals surface area contributed by atoms with Gasteiger partial charge in [0.2, 0.25) is 5.95 Å². The number of hydrogen-bond acceptors (Lipinski definition) is 3. The van der Waals surface area contributed by atoms with Crippen molar-refractivity contribution < 1.29 is 4.39 Å². The Morgan fingerprint density at radius 1 is 0.457 bits per heavy atom. The van der Waals surface area contributed by atoms with Crippen LogP contribution in [0.25, 0.3) is 82.8 Å². The maximum Gasteiger partial charge on any atom is 0.214 e. The molecule has 0 N–H and O–H groups in total. The molecule has 0 aliphatic heterocycles. The number of benzene rings is 5. The van der Waals surface area contributed by atoms with E-state index in [1.54, 1.807) is 12.4 Å². The van der Waals surface area contributed by atoms with Crippen LogP contribution >= 0.6 is 0 Å². The number of nitrogens with zero attached hydrogens (tertiary/aromatic N) is 4. The third kappa shape index (κ3) is 4.32. The first-order valence-electron chi connectivity index (χ1n) is 15.2. The summed E-state index contributed by atoms with van der Waals surface area (Å²) in [4.78, 5) is 13.6. The molecule has 0 aliphatic rings. The van der Waals surface area contributed by atoms with Crippen molar-refractivity contribution in [3.8, 4) is 39.5 Å². The Balaban J connectivity index is 1.18. The van der Waals surface area contributed by atoms with Gasteiger partial charge in [-0.15, -0.1) is 0 Å². The predicted octanol–water partition coefficient (Wildman–Crippen LogP) is 10.4. The van der Waals surface area contributed by atoms with E-state index >= 15 is 0 Å². The Bertz CT molecular complexity index is 2590. The van der Waals surface area contributed by atoms with E-state index in [2.05, 4.69) is 118 Å². The lowest BCUT2D eigenvalue weighted by Gasteiger charge is -2.12. The van der Waals surface area contributed by atoms with Crippen molar-refractivity contribution in [2.45, 2.75) is 0 Å². The number of aromatic nitrogens is 4. The second-order valence-corrected chi connectivity index (χ2v) is 11.5. The Kier molecular flexibility index (Phi) is 5.96. The van der Waals surface area contributed by atoms with Crippen LogP contribution in [0.5, 0.6) is 0 Å². The van der Waals surface area contributed by atoms with Crippen molar-refractivity contribution in [1.29, 1.82) is 0 Å². The first-order valence-corrected chi connectivity index (χ1v) is 15.2. The van der Waals surface area contributed by atoms with Crippen LogP contribution in [0.1, 0.15) is 0 Å². The summed E-state index contributed by atoms with van der Waals surface area (Å²) >= 11 is 0. The van der Waals surface area contributed by atoms with Gasteiger partial charge in [0.15, 0.2) is 0 Å². The molecular weight excluding hydrogens is 567 g/mol. The largest absolute Gasteiger partial charge is 0.309 e. The topological polar surface area (TPSA) is 43.6 Å². The average Bonchev–Trinajstić information content (AvgIpc) is 3.45. The molecule has 4 heterocycles. The van der Waals surface area contributed by atoms with Gasteiger partial charge in [0.1, 0.15) is 0 Å². The van der Waals surface area contributed by atoms with Gasteiger partial charge in [0, 0.05) is 40.5 Å². The summed E-state index contributed by atoms with van der Waals surface area (Å²) in [5, 5.41) is 6.82. The molecule has 5 heteroatoms. The molecule has 0 atom stereocenters. The number of hydrogen-bond donors (Lipinski definition) is 0. The van der Waals surface area contributed by atoms with Crippen LogP contribution in [0.2, 0.25) is 0 Å². The van der Waals surface area contributed by atoms with Gasteiger partial charge in [-0.1, -0.05) is 84.9 Å². The maximum absolute atomic E-state index is 14.3. The zero-order valence-electron chi connectivity index (χ0n) is 24.6. The lowest BCUT2D eigenvalue weighted by atomic mass is 9.97. The minimum Gasteiger partial charge on any atom is -0.309 e. The molecule has 5 aromatic carbocycles. The number of halogens is 1. The highest BCUT2D eigenvalue weighted by Crippen LogP contribution is 2.35. The molecule has 0 spiro atoms. The predicted molar refractivity (Wildman–Crippen MR) is 185 cm³/mol. The Morgan fingerprint density at radius 2 is 1.20 bits per heavy atom. The van der Waals surface area contributed by atoms with Gasteiger partial charge in [0.25, 0.3) is 0 Å². The van der Waals surface area contributed by atoms with Gasteiger partial charge in [-0.05, 0) is 81.2 Å². The van der Waals surface area contributed by atoms with E-state index in [4.69, 9.17) is 4.98 Å². The molecule has 46 heavy (non-hydrogen) atoms. The zero-order valence-corrected chi connectivity index (χ0v) is 24.6. The van der Waals surface area contributed by atoms with E-state index in [1.165, 1.54) is 27.6 Å². The fourth-order valence-corrected chi connectivity index (χ4v) is 6.58. The number of fused-ring (bicyclic) bond motifs is 6. The fraction of sp³-hybridized carbons (Fsp3) is 0. The van der Waals surface area contributed by atoms with E-state index in [0.717, 1.165) is 61.3 Å². The Hall–Kier alpha value is -6.20. The van der Waals surface area contributed by atoms with Gasteiger partial charge < -0.3 is 4.57 Å². The van der Waals surface area contributed by atoms with Crippen LogP contribution in [0, 0.1) is 5.95 Å². The smallest absolute Gasteiger partial charge is 0.214 e. The Morgan fingerprint density at radius 3 is 2.07 bits per heavy atom. The van der Waals surface area contributed by atoms with Gasteiger partial charge >= 0.3 is 0 Å². The molecule has 0 fully saturated rings. The second kappa shape index (κ2) is 10.5. The van der Waals surface area contributed by atoms with Crippen molar-refractivity contribution >= 4 is 43.4 Å². The molecule has 0 bridgehead atoms. The van der Waals surface area contributed by atoms with Crippen LogP contribution in [0.4, 0.5) is 4.39 Å². The quantitative estimate of drug-likeness (QED) is 0.151. The van der Waals surface area contributed by atoms with Crippen molar-refractivity contribution in [3.63, 3.8) is 0 Å². The molecule has 0 aliphatic carbocycles. The second-order valence-electron chi connectivity index (χ2n) is 11.5. The third-order valence-corrected chi connectivity index (χ3v) is 8.78. The van der Waals surface area contributed by atoms with Gasteiger partial charge in [-0.3, -0.25) is 4.98 Å². The van der Waals surface area contributed by atoms with Crippen LogP contribution < -0.4 is 0 Å². The normalized spacial score (nSPS) is 11.6. The maximum atomic E-state index is 14.3. The highest BCUT2D eigenvalue weighted by atomic mass is 19.1. The molecule has 0 amide bonds. The summed E-state index contributed by atoms with van der Waals surface area (Å²) < 4.78 is 16.4. The monoisotopic (exact) mass is 592 g/mol. The molecule has 4 nitrogen and oxygen atoms in total. The van der Waals surface area contributed by atoms with Crippen molar-refractivity contribution in [1.82, 2.24) is 19.5 Å². The Labute approximate surface area is 264 Å². The molecule has 0 unspecified atom stereocenters. The van der Waals surface area contributed by atoms with E-state index < -0.39 is 5.95 Å². The third-order valence-electron chi connectivity index (χ3n) is 8.78. The summed E-state index contributed by atoms with van der Waals surface area (Å²) in [5.41, 5.74) is 8.36. The van der Waals surface area contributed by atoms with Crippen LogP contribution in [0.15, 0.2) is 152 Å². The standard InChI is InChI=1S/C41H25FN4/c42-41-24-40-35(25-44-41)34-9-3-4-11-39(34)46(40)31-17-14-26(15-18-31)30-22-37(45-38(23-30)36-10-5-6-20-43-36)29-16-19-33-28(21-29)13-12-27-7-1-2-8-32(27)33/h1-25H. The molecular formula is C41H25FN4. The van der Waals surface area contributed by atoms with Crippen LogP contribution in [-0.4, -0.2) is 19.5 Å². The van der Waals surface area contributed by atoms with Gasteiger partial charge in [-0.2, -0.15) is 4.39 Å². The van der Waals surface area contributed by atoms with E-state index in [0.29, 0.717) is 0 Å². The van der Waals surface area contributed by atoms with E-state index in [9.17, 15) is 4.39 Å². The summed E-state index contributed by atoms with van der Waals surface area (Å²) in [6.45, 7) is 0. The molecule has 9 rings (SSSR count). The fourth-order valence-electron chi connectivity index (χ4n) is 6.58. The lowest BCUT2D eigenvalue weighted by molar-refractivity contribution is 0.586. The lowest BCUT2D eigenvalue weighted by Crippen LogP contribution is -1.95. The number of para-hydroxylation sites is 1. The summed E-state index contributed by atoms with van der Waals surface area (Å²) in [7, 11) is 0. The molecule has 9 aromatic rings. The molecule has 4 aromatic heterocycles.